The molecule has 0 saturated carbocycles. The van der Waals surface area contributed by atoms with Gasteiger partial charge in [0.25, 0.3) is 0 Å². The average Bonchev–Trinajstić information content (AvgIpc) is 2.68. The fourth-order valence-electron chi connectivity index (χ4n) is 2.72. The van der Waals surface area contributed by atoms with Gasteiger partial charge in [-0.15, -0.1) is 0 Å². The lowest BCUT2D eigenvalue weighted by Gasteiger charge is -2.26. The average molecular weight is 330 g/mol. The number of hydrogen-bond acceptors (Lipinski definition) is 2. The molecule has 1 unspecified atom stereocenters. The molecular weight excluding hydrogens is 308 g/mol. The lowest BCUT2D eigenvalue weighted by Crippen LogP contribution is -2.39. The number of carbonyl (C=O) groups is 1. The van der Waals surface area contributed by atoms with Crippen molar-refractivity contribution in [3.8, 4) is 11.1 Å². The normalized spacial score (nSPS) is 11.6. The zero-order valence-corrected chi connectivity index (χ0v) is 14.5. The monoisotopic (exact) mass is 330 g/mol. The van der Waals surface area contributed by atoms with E-state index in [0.717, 1.165) is 22.5 Å². The second-order valence-corrected chi connectivity index (χ2v) is 6.06. The Morgan fingerprint density at radius 1 is 0.840 bits per heavy atom. The van der Waals surface area contributed by atoms with Crippen molar-refractivity contribution < 1.29 is 4.79 Å². The zero-order chi connectivity index (χ0) is 17.6. The van der Waals surface area contributed by atoms with Crippen molar-refractivity contribution in [1.29, 1.82) is 0 Å². The topological polar surface area (TPSA) is 32.3 Å². The molecular formula is C22H22N2O. The number of hydrogen-bond donors (Lipinski definition) is 1. The van der Waals surface area contributed by atoms with Gasteiger partial charge in [0, 0.05) is 18.4 Å². The molecule has 0 radical (unpaired) electrons. The van der Waals surface area contributed by atoms with E-state index in [-0.39, 0.29) is 11.9 Å². The van der Waals surface area contributed by atoms with Crippen molar-refractivity contribution >= 4 is 17.3 Å². The fraction of sp³-hybridized carbons (Fsp3) is 0.136. The third kappa shape index (κ3) is 4.07. The molecule has 0 bridgehead atoms. The van der Waals surface area contributed by atoms with E-state index < -0.39 is 0 Å². The molecule has 3 rings (SSSR count). The molecule has 1 amide bonds. The van der Waals surface area contributed by atoms with E-state index in [1.54, 1.807) is 0 Å². The second-order valence-electron chi connectivity index (χ2n) is 6.06. The molecule has 3 heteroatoms. The SMILES string of the molecule is CC(C(=O)Nc1cccc(-c2ccccc2)c1)N(C)c1ccccc1. The largest absolute Gasteiger partial charge is 0.363 e. The summed E-state index contributed by atoms with van der Waals surface area (Å²) in [4.78, 5) is 14.6. The Labute approximate surface area is 148 Å². The molecule has 0 saturated heterocycles. The highest BCUT2D eigenvalue weighted by atomic mass is 16.2. The van der Waals surface area contributed by atoms with Crippen molar-refractivity contribution in [1.82, 2.24) is 0 Å². The number of rotatable bonds is 5. The smallest absolute Gasteiger partial charge is 0.246 e. The highest BCUT2D eigenvalue weighted by Crippen LogP contribution is 2.23. The summed E-state index contributed by atoms with van der Waals surface area (Å²) in [6.07, 6.45) is 0. The Hall–Kier alpha value is -3.07. The number of likely N-dealkylation sites (N-methyl/N-ethyl adjacent to an activating group) is 1. The van der Waals surface area contributed by atoms with Crippen molar-refractivity contribution in [3.05, 3.63) is 84.9 Å². The van der Waals surface area contributed by atoms with Crippen molar-refractivity contribution in [3.63, 3.8) is 0 Å². The predicted molar refractivity (Wildman–Crippen MR) is 105 cm³/mol. The first-order valence-electron chi connectivity index (χ1n) is 8.39. The molecule has 25 heavy (non-hydrogen) atoms. The van der Waals surface area contributed by atoms with E-state index in [1.165, 1.54) is 0 Å². The molecule has 1 N–H and O–H groups in total. The van der Waals surface area contributed by atoms with Gasteiger partial charge in [0.2, 0.25) is 5.91 Å². The molecule has 0 aliphatic heterocycles. The Kier molecular flexibility index (Phi) is 5.14. The maximum Gasteiger partial charge on any atom is 0.246 e. The first-order chi connectivity index (χ1) is 12.1. The molecule has 0 spiro atoms. The molecule has 1 atom stereocenters. The third-order valence-electron chi connectivity index (χ3n) is 4.36. The maximum atomic E-state index is 12.6. The highest BCUT2D eigenvalue weighted by molar-refractivity contribution is 5.97. The summed E-state index contributed by atoms with van der Waals surface area (Å²) in [5, 5.41) is 3.02. The summed E-state index contributed by atoms with van der Waals surface area (Å²) in [6.45, 7) is 1.91. The molecule has 0 aliphatic carbocycles. The number of carbonyl (C=O) groups excluding carboxylic acids is 1. The van der Waals surface area contributed by atoms with Crippen molar-refractivity contribution in [2.45, 2.75) is 13.0 Å². The van der Waals surface area contributed by atoms with Crippen LogP contribution in [0, 0.1) is 0 Å². The molecule has 3 nitrogen and oxygen atoms in total. The second kappa shape index (κ2) is 7.67. The van der Waals surface area contributed by atoms with Gasteiger partial charge < -0.3 is 10.2 Å². The minimum atomic E-state index is -0.275. The van der Waals surface area contributed by atoms with Crippen LogP contribution in [0.1, 0.15) is 6.92 Å². The maximum absolute atomic E-state index is 12.6. The van der Waals surface area contributed by atoms with Crippen molar-refractivity contribution in [2.75, 3.05) is 17.3 Å². The predicted octanol–water partition coefficient (Wildman–Crippen LogP) is 4.82. The molecule has 126 valence electrons. The molecule has 0 heterocycles. The van der Waals surface area contributed by atoms with Gasteiger partial charge in [0.05, 0.1) is 0 Å². The Morgan fingerprint density at radius 2 is 1.44 bits per heavy atom. The van der Waals surface area contributed by atoms with E-state index >= 15 is 0 Å². The number of benzene rings is 3. The zero-order valence-electron chi connectivity index (χ0n) is 14.5. The van der Waals surface area contributed by atoms with Crippen LogP contribution in [0.2, 0.25) is 0 Å². The van der Waals surface area contributed by atoms with E-state index in [2.05, 4.69) is 17.4 Å². The number of para-hydroxylation sites is 1. The fourth-order valence-corrected chi connectivity index (χ4v) is 2.72. The van der Waals surface area contributed by atoms with Gasteiger partial charge in [-0.25, -0.2) is 0 Å². The number of amides is 1. The van der Waals surface area contributed by atoms with Crippen molar-refractivity contribution in [2.24, 2.45) is 0 Å². The van der Waals surface area contributed by atoms with E-state index in [4.69, 9.17) is 0 Å². The molecule has 0 aromatic heterocycles. The summed E-state index contributed by atoms with van der Waals surface area (Å²) < 4.78 is 0. The highest BCUT2D eigenvalue weighted by Gasteiger charge is 2.18. The van der Waals surface area contributed by atoms with Crippen LogP contribution in [0.25, 0.3) is 11.1 Å². The summed E-state index contributed by atoms with van der Waals surface area (Å²) in [5.41, 5.74) is 4.04. The van der Waals surface area contributed by atoms with Crippen LogP contribution >= 0.6 is 0 Å². The third-order valence-corrected chi connectivity index (χ3v) is 4.36. The van der Waals surface area contributed by atoms with Crippen LogP contribution in [-0.4, -0.2) is 19.0 Å². The Balaban J connectivity index is 1.73. The van der Waals surface area contributed by atoms with Crippen LogP contribution in [0.4, 0.5) is 11.4 Å². The van der Waals surface area contributed by atoms with Gasteiger partial charge in [-0.2, -0.15) is 0 Å². The first-order valence-corrected chi connectivity index (χ1v) is 8.39. The molecule has 0 aliphatic rings. The van der Waals surface area contributed by atoms with Crippen LogP contribution in [0.5, 0.6) is 0 Å². The standard InChI is InChI=1S/C22H22N2O/c1-17(24(2)21-14-7-4-8-15-21)22(25)23-20-13-9-12-19(16-20)18-10-5-3-6-11-18/h3-17H,1-2H3,(H,23,25). The van der Waals surface area contributed by atoms with Gasteiger partial charge in [0.1, 0.15) is 6.04 Å². The summed E-state index contributed by atoms with van der Waals surface area (Å²) in [7, 11) is 1.93. The number of nitrogens with one attached hydrogen (secondary N) is 1. The van der Waals surface area contributed by atoms with Crippen LogP contribution in [0.3, 0.4) is 0 Å². The quantitative estimate of drug-likeness (QED) is 0.727. The molecule has 0 fully saturated rings. The minimum Gasteiger partial charge on any atom is -0.363 e. The van der Waals surface area contributed by atoms with E-state index in [9.17, 15) is 4.79 Å². The Morgan fingerprint density at radius 3 is 2.12 bits per heavy atom. The van der Waals surface area contributed by atoms with Gasteiger partial charge in [-0.3, -0.25) is 4.79 Å². The van der Waals surface area contributed by atoms with E-state index in [1.807, 2.05) is 91.7 Å². The number of nitrogens with zero attached hydrogens (tertiary/aromatic N) is 1. The van der Waals surface area contributed by atoms with Gasteiger partial charge >= 0.3 is 0 Å². The van der Waals surface area contributed by atoms with Crippen LogP contribution in [0.15, 0.2) is 84.9 Å². The first kappa shape index (κ1) is 16.8. The Bertz CT molecular complexity index is 831. The number of anilines is 2. The summed E-state index contributed by atoms with van der Waals surface area (Å²) in [6, 6.07) is 27.7. The van der Waals surface area contributed by atoms with Crippen LogP contribution < -0.4 is 10.2 Å². The van der Waals surface area contributed by atoms with Gasteiger partial charge in [-0.05, 0) is 42.3 Å². The van der Waals surface area contributed by atoms with Gasteiger partial charge in [-0.1, -0.05) is 60.7 Å². The lowest BCUT2D eigenvalue weighted by molar-refractivity contribution is -0.117. The molecule has 3 aromatic rings. The molecule has 3 aromatic carbocycles. The van der Waals surface area contributed by atoms with Crippen LogP contribution in [-0.2, 0) is 4.79 Å². The lowest BCUT2D eigenvalue weighted by atomic mass is 10.1. The van der Waals surface area contributed by atoms with E-state index in [0.29, 0.717) is 0 Å². The summed E-state index contributed by atoms with van der Waals surface area (Å²) in [5.74, 6) is -0.0310. The summed E-state index contributed by atoms with van der Waals surface area (Å²) >= 11 is 0. The van der Waals surface area contributed by atoms with Gasteiger partial charge in [0.15, 0.2) is 0 Å². The minimum absolute atomic E-state index is 0.0310.